The topological polar surface area (TPSA) is 262 Å². The summed E-state index contributed by atoms with van der Waals surface area (Å²) in [6.07, 6.45) is 7.96. The van der Waals surface area contributed by atoms with Crippen LogP contribution in [-0.4, -0.2) is 175 Å². The molecular weight excluding hydrogens is 1250 g/mol. The van der Waals surface area contributed by atoms with Gasteiger partial charge in [-0.05, 0) is 91.8 Å². The molecule has 2 bridgehead atoms. The van der Waals surface area contributed by atoms with Crippen molar-refractivity contribution < 1.29 is 76.4 Å². The van der Waals surface area contributed by atoms with Crippen molar-refractivity contribution in [3.63, 3.8) is 0 Å². The number of nitrogens with zero attached hydrogens (tertiary/aromatic N) is 4. The molecule has 3 unspecified atom stereocenters. The van der Waals surface area contributed by atoms with E-state index in [0.717, 1.165) is 33.2 Å². The zero-order valence-corrected chi connectivity index (χ0v) is 57.6. The molecule has 1 spiro atoms. The van der Waals surface area contributed by atoms with E-state index in [1.165, 1.54) is 21.1 Å². The van der Waals surface area contributed by atoms with Gasteiger partial charge in [-0.15, -0.1) is 0 Å². The number of carbonyl (C=O) groups excluding carboxylic acids is 8. The number of ether oxygens (including phenoxy) is 6. The number of para-hydroxylation sites is 1. The van der Waals surface area contributed by atoms with Crippen molar-refractivity contribution in [3.8, 4) is 5.75 Å². The molecule has 2 saturated heterocycles. The minimum absolute atomic E-state index is 0.0439. The number of allylic oxidation sites excluding steroid dienone is 1. The first-order chi connectivity index (χ1) is 47.1. The number of rotatable bonds is 22. The van der Waals surface area contributed by atoms with Crippen LogP contribution in [0.25, 0.3) is 10.9 Å². The first-order valence-corrected chi connectivity index (χ1v) is 34.5. The fourth-order valence-corrected chi connectivity index (χ4v) is 18.4. The summed E-state index contributed by atoms with van der Waals surface area (Å²) in [4.78, 5) is 126. The maximum absolute atomic E-state index is 16.0. The van der Waals surface area contributed by atoms with Crippen LogP contribution in [0.15, 0.2) is 121 Å². The van der Waals surface area contributed by atoms with Gasteiger partial charge in [0.05, 0.1) is 46.5 Å². The molecule has 7 aliphatic rings. The standard InChI is InChI=1S/C76H91N7O15/c1-10-46(4)63(66(88)78-57(67(89)97-45-50-25-17-14-18-26-50)37-62(86)96-44-49-23-15-13-16-24-49)79-65(87)58-29-21-33-82(58)61(85)43-83-40-48(11-2)35-51(41-83)39-75(71(90)94-8,64-53(42-83)52-27-19-20-28-56(52)77-64)55-36-54-59(38-60(55)93-7)80(6)69-74(54)31-34-81-32-22-30-73(12-3,68(74)81)70(98-47(5)84)76(69,92)72(91)95-9/h13-20,22-28,30,36,38,40,46,51,57-58,63,68-70,77,92H,10-12,21,29,31-35,37,39,41-45H2,1-9H3,(H-,78,79,87,88)/p+1/t46-,51?,57-,58-,63-,68-,69?,70+,73+,74+,75-,76-,83?/m0/s1. The number of hydrogen-bond donors (Lipinski definition) is 4. The number of aromatic nitrogens is 1. The summed E-state index contributed by atoms with van der Waals surface area (Å²) in [5.41, 5.74) is 0.478. The highest BCUT2D eigenvalue weighted by atomic mass is 16.6. The molecule has 7 heterocycles. The number of aromatic amines is 1. The van der Waals surface area contributed by atoms with E-state index in [1.54, 1.807) is 48.4 Å². The number of aliphatic hydroxyl groups is 1. The molecule has 1 saturated carbocycles. The maximum Gasteiger partial charge on any atom is 0.344 e. The second kappa shape index (κ2) is 27.5. The molecule has 4 aromatic carbocycles. The van der Waals surface area contributed by atoms with Crippen molar-refractivity contribution >= 4 is 64.2 Å². The van der Waals surface area contributed by atoms with E-state index >= 15 is 9.59 Å². The Balaban J connectivity index is 0.883. The quantitative estimate of drug-likeness (QED) is 0.0226. The molecule has 12 rings (SSSR count). The molecule has 3 fully saturated rings. The van der Waals surface area contributed by atoms with Gasteiger partial charge < -0.3 is 58.9 Å². The average Bonchev–Trinajstić information content (AvgIpc) is 1.45. The van der Waals surface area contributed by atoms with Crippen LogP contribution >= 0.6 is 0 Å². The minimum atomic E-state index is -2.40. The summed E-state index contributed by atoms with van der Waals surface area (Å²) in [7, 11) is 6.02. The van der Waals surface area contributed by atoms with E-state index in [0.29, 0.717) is 92.8 Å². The second-order valence-electron chi connectivity index (χ2n) is 28.1. The number of likely N-dealkylation sites (tertiary alicyclic amines) is 1. The SMILES string of the molecule is CCC1=C[N+]2(CC(=O)N3CCC[C@H]3C(=O)N[C@H](C(=O)N[C@@H](CC(=O)OCc3ccccc3)C(=O)OCc3ccccc3)[C@@H](C)CC)Cc3c([nH]c4ccccc34)[C@@](C(=O)OC)(c3cc4c(cc3OC)N(C)C3[C@]45CCN4CC=C[C@@](CC)([C@@H](OC(C)=O)[C@]3(O)C(=O)OC)[C@H]45)CC(C1)C2. The van der Waals surface area contributed by atoms with Crippen LogP contribution in [0.5, 0.6) is 5.75 Å². The largest absolute Gasteiger partial charge is 0.496 e. The lowest BCUT2D eigenvalue weighted by atomic mass is 9.47. The monoisotopic (exact) mass is 1340 g/mol. The van der Waals surface area contributed by atoms with Crippen molar-refractivity contribution in [2.24, 2.45) is 17.3 Å². The first-order valence-electron chi connectivity index (χ1n) is 34.5. The van der Waals surface area contributed by atoms with Gasteiger partial charge in [-0.3, -0.25) is 38.2 Å². The Hall–Kier alpha value is -8.86. The number of likely N-dealkylation sites (N-methyl/N-ethyl adjacent to an activating group) is 1. The van der Waals surface area contributed by atoms with Crippen LogP contribution in [0, 0.1) is 17.3 Å². The van der Waals surface area contributed by atoms with E-state index in [-0.39, 0.29) is 55.6 Å². The molecule has 22 nitrogen and oxygen atoms in total. The van der Waals surface area contributed by atoms with Gasteiger partial charge in [0.15, 0.2) is 12.6 Å². The third-order valence-electron chi connectivity index (χ3n) is 22.7. The summed E-state index contributed by atoms with van der Waals surface area (Å²) in [6, 6.07) is 24.8. The highest BCUT2D eigenvalue weighted by Gasteiger charge is 2.80. The van der Waals surface area contributed by atoms with Crippen LogP contribution in [0.4, 0.5) is 5.69 Å². The van der Waals surface area contributed by atoms with Gasteiger partial charge in [0, 0.05) is 89.3 Å². The number of quaternary nitrogens is 1. The first kappa shape index (κ1) is 69.1. The lowest BCUT2D eigenvalue weighted by Crippen LogP contribution is -2.81. The molecule has 1 aliphatic carbocycles. The third-order valence-corrected chi connectivity index (χ3v) is 22.7. The lowest BCUT2D eigenvalue weighted by molar-refractivity contribution is -0.891. The summed E-state index contributed by atoms with van der Waals surface area (Å²) in [5.74, 6) is -5.60. The Kier molecular flexibility index (Phi) is 19.3. The number of nitrogens with one attached hydrogen (secondary N) is 3. The van der Waals surface area contributed by atoms with Gasteiger partial charge in [0.1, 0.15) is 49.0 Å². The van der Waals surface area contributed by atoms with Crippen LogP contribution in [0.2, 0.25) is 0 Å². The van der Waals surface area contributed by atoms with Crippen molar-refractivity contribution in [2.75, 3.05) is 66.0 Å². The van der Waals surface area contributed by atoms with Crippen molar-refractivity contribution in [2.45, 2.75) is 165 Å². The molecule has 3 amide bonds. The number of anilines is 1. The summed E-state index contributed by atoms with van der Waals surface area (Å²) >= 11 is 0. The lowest BCUT2D eigenvalue weighted by Gasteiger charge is -2.63. The average molecular weight is 1340 g/mol. The fourth-order valence-electron chi connectivity index (χ4n) is 18.4. The number of esters is 5. The van der Waals surface area contributed by atoms with E-state index in [4.69, 9.17) is 28.4 Å². The molecule has 13 atom stereocenters. The van der Waals surface area contributed by atoms with Gasteiger partial charge in [-0.25, -0.2) is 9.59 Å². The van der Waals surface area contributed by atoms with E-state index in [9.17, 15) is 33.9 Å². The molecule has 5 aromatic rings. The summed E-state index contributed by atoms with van der Waals surface area (Å²) in [6.45, 7) is 10.9. The number of H-pyrrole nitrogens is 1. The molecule has 4 N–H and O–H groups in total. The molecule has 22 heteroatoms. The van der Waals surface area contributed by atoms with E-state index in [1.807, 2.05) is 99.5 Å². The van der Waals surface area contributed by atoms with Crippen LogP contribution < -0.4 is 20.3 Å². The van der Waals surface area contributed by atoms with Crippen molar-refractivity contribution in [1.29, 1.82) is 0 Å². The molecule has 6 aliphatic heterocycles. The number of amides is 3. The molecule has 0 radical (unpaired) electrons. The molecule has 520 valence electrons. The van der Waals surface area contributed by atoms with Crippen LogP contribution in [-0.2, 0) is 92.6 Å². The van der Waals surface area contributed by atoms with Crippen molar-refractivity contribution in [1.82, 2.24) is 25.4 Å². The van der Waals surface area contributed by atoms with Gasteiger partial charge in [-0.1, -0.05) is 125 Å². The fraction of sp³-hybridized carbons (Fsp3) is 0.500. The Morgan fingerprint density at radius 1 is 0.827 bits per heavy atom. The molecule has 1 aromatic heterocycles. The number of methoxy groups -OCH3 is 3. The number of benzene rings is 4. The minimum Gasteiger partial charge on any atom is -0.496 e. The molecular formula is C76H92N7O15+. The third kappa shape index (κ3) is 11.7. The van der Waals surface area contributed by atoms with Gasteiger partial charge in [0.2, 0.25) is 17.4 Å². The Morgan fingerprint density at radius 2 is 1.52 bits per heavy atom. The Labute approximate surface area is 571 Å². The molecule has 98 heavy (non-hydrogen) atoms. The zero-order chi connectivity index (χ0) is 69.6. The Morgan fingerprint density at radius 3 is 2.18 bits per heavy atom. The van der Waals surface area contributed by atoms with Gasteiger partial charge in [-0.2, -0.15) is 0 Å². The highest BCUT2D eigenvalue weighted by Crippen LogP contribution is 2.68. The highest BCUT2D eigenvalue weighted by molar-refractivity contribution is 5.97. The number of hydrogen-bond acceptors (Lipinski definition) is 17. The van der Waals surface area contributed by atoms with Gasteiger partial charge >= 0.3 is 29.8 Å². The Bertz CT molecular complexity index is 3990. The number of fused-ring (bicyclic) bond motifs is 6. The van der Waals surface area contributed by atoms with Crippen molar-refractivity contribution in [3.05, 3.63) is 154 Å². The predicted molar refractivity (Wildman–Crippen MR) is 362 cm³/mol. The summed E-state index contributed by atoms with van der Waals surface area (Å²) in [5, 5.41) is 20.2. The number of carbonyl (C=O) groups is 8. The van der Waals surface area contributed by atoms with E-state index in [2.05, 4.69) is 39.7 Å². The predicted octanol–water partition coefficient (Wildman–Crippen LogP) is 7.50. The van der Waals surface area contributed by atoms with Crippen LogP contribution in [0.1, 0.15) is 126 Å². The van der Waals surface area contributed by atoms with E-state index < -0.39 is 112 Å². The van der Waals surface area contributed by atoms with Gasteiger partial charge in [0.25, 0.3) is 5.91 Å². The van der Waals surface area contributed by atoms with Crippen LogP contribution in [0.3, 0.4) is 0 Å². The normalized spacial score (nSPS) is 28.2. The summed E-state index contributed by atoms with van der Waals surface area (Å²) < 4.78 is 35.8. The zero-order valence-electron chi connectivity index (χ0n) is 57.6. The smallest absolute Gasteiger partial charge is 0.344 e. The maximum atomic E-state index is 16.0. The second-order valence-corrected chi connectivity index (χ2v) is 28.1.